The number of carbonyl (C=O) groups is 2. The minimum Gasteiger partial charge on any atom is -0.507 e. The Bertz CT molecular complexity index is 1120. The molecule has 1 aliphatic rings. The van der Waals surface area contributed by atoms with Crippen LogP contribution in [0.5, 0.6) is 5.75 Å². The summed E-state index contributed by atoms with van der Waals surface area (Å²) in [7, 11) is 0. The SMILES string of the molecule is Cc1nnc(N2C(=O)C(=O)C(=C(O)c3ccc(OC(C)C)cc3)[C@H]2c2cccs2)s1. The van der Waals surface area contributed by atoms with Gasteiger partial charge in [-0.1, -0.05) is 17.4 Å². The summed E-state index contributed by atoms with van der Waals surface area (Å²) in [5.74, 6) is -1.06. The van der Waals surface area contributed by atoms with Crippen LogP contribution in [0.25, 0.3) is 5.76 Å². The molecule has 1 amide bonds. The van der Waals surface area contributed by atoms with E-state index in [0.717, 1.165) is 4.88 Å². The molecule has 1 fully saturated rings. The lowest BCUT2D eigenvalue weighted by Gasteiger charge is -2.21. The fourth-order valence-corrected chi connectivity index (χ4v) is 4.79. The number of anilines is 1. The van der Waals surface area contributed by atoms with Crippen LogP contribution in [0.4, 0.5) is 5.13 Å². The number of thiophene rings is 1. The molecule has 154 valence electrons. The number of Topliss-reactive ketones (excluding diaryl/α,β-unsaturated/α-hetero) is 1. The smallest absolute Gasteiger partial charge is 0.301 e. The minimum absolute atomic E-state index is 0.0176. The first-order valence-corrected chi connectivity index (χ1v) is 11.0. The van der Waals surface area contributed by atoms with E-state index in [4.69, 9.17) is 4.74 Å². The van der Waals surface area contributed by atoms with Crippen molar-refractivity contribution in [2.45, 2.75) is 32.9 Å². The molecule has 9 heteroatoms. The van der Waals surface area contributed by atoms with Crippen molar-refractivity contribution in [3.8, 4) is 5.75 Å². The van der Waals surface area contributed by atoms with Crippen molar-refractivity contribution < 1.29 is 19.4 Å². The zero-order valence-electron chi connectivity index (χ0n) is 16.5. The van der Waals surface area contributed by atoms with Gasteiger partial charge in [-0.15, -0.1) is 21.5 Å². The Morgan fingerprint density at radius 1 is 1.17 bits per heavy atom. The van der Waals surface area contributed by atoms with Crippen LogP contribution in [-0.4, -0.2) is 33.1 Å². The molecule has 30 heavy (non-hydrogen) atoms. The second-order valence-corrected chi connectivity index (χ2v) is 9.12. The third-order valence-electron chi connectivity index (χ3n) is 4.48. The van der Waals surface area contributed by atoms with E-state index in [-0.39, 0.29) is 17.4 Å². The Labute approximate surface area is 181 Å². The standard InChI is InChI=1S/C21H19N3O4S2/c1-11(2)28-14-8-6-13(7-9-14)18(25)16-17(15-5-4-10-29-15)24(20(27)19(16)26)21-23-22-12(3)30-21/h4-11,17,25H,1-3H3/t17-/m1/s1. The summed E-state index contributed by atoms with van der Waals surface area (Å²) in [5, 5.41) is 21.9. The van der Waals surface area contributed by atoms with Gasteiger partial charge in [0.15, 0.2) is 0 Å². The van der Waals surface area contributed by atoms with Gasteiger partial charge >= 0.3 is 5.91 Å². The van der Waals surface area contributed by atoms with E-state index in [1.54, 1.807) is 31.2 Å². The lowest BCUT2D eigenvalue weighted by molar-refractivity contribution is -0.132. The molecule has 0 radical (unpaired) electrons. The van der Waals surface area contributed by atoms with Crippen LogP contribution < -0.4 is 9.64 Å². The predicted octanol–water partition coefficient (Wildman–Crippen LogP) is 4.32. The first kappa shape index (κ1) is 20.2. The highest BCUT2D eigenvalue weighted by Crippen LogP contribution is 2.44. The number of aliphatic hydroxyl groups is 1. The second kappa shape index (κ2) is 8.00. The first-order valence-electron chi connectivity index (χ1n) is 9.28. The highest BCUT2D eigenvalue weighted by atomic mass is 32.1. The summed E-state index contributed by atoms with van der Waals surface area (Å²) in [6.07, 6.45) is 0.0176. The number of hydrogen-bond acceptors (Lipinski definition) is 8. The van der Waals surface area contributed by atoms with E-state index in [1.807, 2.05) is 31.4 Å². The number of ether oxygens (including phenoxy) is 1. The molecule has 1 aromatic carbocycles. The van der Waals surface area contributed by atoms with Crippen LogP contribution in [0.15, 0.2) is 47.4 Å². The van der Waals surface area contributed by atoms with E-state index in [2.05, 4.69) is 10.2 Å². The van der Waals surface area contributed by atoms with Gasteiger partial charge in [0, 0.05) is 10.4 Å². The maximum absolute atomic E-state index is 13.0. The number of benzene rings is 1. The fraction of sp³-hybridized carbons (Fsp3) is 0.238. The van der Waals surface area contributed by atoms with E-state index >= 15 is 0 Å². The van der Waals surface area contributed by atoms with Crippen molar-refractivity contribution in [3.63, 3.8) is 0 Å². The number of hydrogen-bond donors (Lipinski definition) is 1. The van der Waals surface area contributed by atoms with E-state index in [9.17, 15) is 14.7 Å². The minimum atomic E-state index is -0.760. The van der Waals surface area contributed by atoms with Crippen LogP contribution in [-0.2, 0) is 9.59 Å². The fourth-order valence-electron chi connectivity index (χ4n) is 3.25. The molecule has 1 N–H and O–H groups in total. The molecule has 2 aromatic heterocycles. The molecule has 4 rings (SSSR count). The number of rotatable bonds is 5. The van der Waals surface area contributed by atoms with Crippen LogP contribution in [0.1, 0.15) is 35.3 Å². The summed E-state index contributed by atoms with van der Waals surface area (Å²) in [4.78, 5) is 27.9. The van der Waals surface area contributed by atoms with Crippen molar-refractivity contribution in [2.75, 3.05) is 4.90 Å². The van der Waals surface area contributed by atoms with Gasteiger partial charge in [-0.2, -0.15) is 0 Å². The molecular formula is C21H19N3O4S2. The molecule has 3 aromatic rings. The summed E-state index contributed by atoms with van der Waals surface area (Å²) in [5.41, 5.74) is 0.465. The van der Waals surface area contributed by atoms with Crippen LogP contribution in [0, 0.1) is 6.92 Å². The molecule has 3 heterocycles. The van der Waals surface area contributed by atoms with Gasteiger partial charge in [-0.05, 0) is 56.5 Å². The number of aromatic nitrogens is 2. The molecule has 1 saturated heterocycles. The largest absolute Gasteiger partial charge is 0.507 e. The average Bonchev–Trinajstić information content (AvgIpc) is 3.43. The highest BCUT2D eigenvalue weighted by molar-refractivity contribution is 7.15. The summed E-state index contributed by atoms with van der Waals surface area (Å²) < 4.78 is 5.63. The highest BCUT2D eigenvalue weighted by Gasteiger charge is 2.48. The number of carbonyl (C=O) groups excluding carboxylic acids is 2. The summed E-state index contributed by atoms with van der Waals surface area (Å²) in [6.45, 7) is 5.62. The molecule has 0 aliphatic carbocycles. The van der Waals surface area contributed by atoms with Gasteiger partial charge in [0.2, 0.25) is 5.13 Å². The third-order valence-corrected chi connectivity index (χ3v) is 6.24. The van der Waals surface area contributed by atoms with Gasteiger partial charge < -0.3 is 9.84 Å². The Kier molecular flexibility index (Phi) is 5.40. The molecule has 7 nitrogen and oxygen atoms in total. The van der Waals surface area contributed by atoms with Crippen LogP contribution >= 0.6 is 22.7 Å². The van der Waals surface area contributed by atoms with Gasteiger partial charge in [0.25, 0.3) is 5.78 Å². The summed E-state index contributed by atoms with van der Waals surface area (Å²) in [6, 6.07) is 9.68. The molecule has 0 saturated carbocycles. The monoisotopic (exact) mass is 441 g/mol. The Morgan fingerprint density at radius 2 is 1.90 bits per heavy atom. The zero-order chi connectivity index (χ0) is 21.4. The van der Waals surface area contributed by atoms with Crippen molar-refractivity contribution in [3.05, 3.63) is 62.8 Å². The van der Waals surface area contributed by atoms with Crippen molar-refractivity contribution in [1.29, 1.82) is 0 Å². The first-order chi connectivity index (χ1) is 14.4. The Morgan fingerprint density at radius 3 is 2.47 bits per heavy atom. The number of amides is 1. The molecule has 0 bridgehead atoms. The molecule has 1 atom stereocenters. The third kappa shape index (κ3) is 3.61. The van der Waals surface area contributed by atoms with Crippen LogP contribution in [0.3, 0.4) is 0 Å². The molecule has 0 unspecified atom stereocenters. The normalized spacial score (nSPS) is 18.4. The Hall–Kier alpha value is -3.04. The second-order valence-electron chi connectivity index (χ2n) is 6.98. The number of ketones is 1. The Balaban J connectivity index is 1.82. The maximum atomic E-state index is 13.0. The average molecular weight is 442 g/mol. The van der Waals surface area contributed by atoms with E-state index in [0.29, 0.717) is 21.5 Å². The molecule has 0 spiro atoms. The lowest BCUT2D eigenvalue weighted by atomic mass is 10.00. The number of aryl methyl sites for hydroxylation is 1. The van der Waals surface area contributed by atoms with Gasteiger partial charge in [-0.3, -0.25) is 14.5 Å². The van der Waals surface area contributed by atoms with Crippen molar-refractivity contribution in [2.24, 2.45) is 0 Å². The van der Waals surface area contributed by atoms with Crippen LogP contribution in [0.2, 0.25) is 0 Å². The number of nitrogens with zero attached hydrogens (tertiary/aromatic N) is 3. The zero-order valence-corrected chi connectivity index (χ0v) is 18.2. The van der Waals surface area contributed by atoms with Gasteiger partial charge in [0.05, 0.1) is 11.7 Å². The van der Waals surface area contributed by atoms with Crippen molar-refractivity contribution in [1.82, 2.24) is 10.2 Å². The molecule has 1 aliphatic heterocycles. The van der Waals surface area contributed by atoms with E-state index < -0.39 is 17.7 Å². The summed E-state index contributed by atoms with van der Waals surface area (Å²) >= 11 is 2.62. The van der Waals surface area contributed by atoms with E-state index in [1.165, 1.54) is 27.6 Å². The predicted molar refractivity (Wildman–Crippen MR) is 116 cm³/mol. The number of aliphatic hydroxyl groups excluding tert-OH is 1. The topological polar surface area (TPSA) is 92.6 Å². The van der Waals surface area contributed by atoms with Gasteiger partial charge in [0.1, 0.15) is 22.6 Å². The quantitative estimate of drug-likeness (QED) is 0.360. The van der Waals surface area contributed by atoms with Gasteiger partial charge in [-0.25, -0.2) is 0 Å². The molecular weight excluding hydrogens is 422 g/mol. The lowest BCUT2D eigenvalue weighted by Crippen LogP contribution is -2.29. The van der Waals surface area contributed by atoms with Crippen molar-refractivity contribution >= 4 is 45.3 Å². The maximum Gasteiger partial charge on any atom is 0.301 e.